The summed E-state index contributed by atoms with van der Waals surface area (Å²) in [5.74, 6) is 1.95. The number of hydrogen-bond donors (Lipinski definition) is 1. The molecule has 92 valence electrons. The summed E-state index contributed by atoms with van der Waals surface area (Å²) < 4.78 is 0. The highest BCUT2D eigenvalue weighted by Gasteiger charge is 2.34. The number of carbonyl (C=O) groups excluding carboxylic acids is 1. The fourth-order valence-corrected chi connectivity index (χ4v) is 3.39. The Kier molecular flexibility index (Phi) is 3.80. The average Bonchev–Trinajstić information content (AvgIpc) is 3.05. The predicted molar refractivity (Wildman–Crippen MR) is 68.4 cm³/mol. The third kappa shape index (κ3) is 2.72. The Morgan fingerprint density at radius 2 is 2.19 bits per heavy atom. The highest BCUT2D eigenvalue weighted by Crippen LogP contribution is 2.33. The molecule has 1 saturated heterocycles. The zero-order valence-corrected chi connectivity index (χ0v) is 11.0. The van der Waals surface area contributed by atoms with Gasteiger partial charge < -0.3 is 10.6 Å². The van der Waals surface area contributed by atoms with Crippen molar-refractivity contribution in [3.8, 4) is 0 Å². The molecule has 0 bridgehead atoms. The molecule has 1 aliphatic heterocycles. The Morgan fingerprint density at radius 3 is 2.81 bits per heavy atom. The van der Waals surface area contributed by atoms with Crippen LogP contribution in [0.5, 0.6) is 0 Å². The molecule has 2 fully saturated rings. The summed E-state index contributed by atoms with van der Waals surface area (Å²) in [7, 11) is 0. The van der Waals surface area contributed by atoms with Gasteiger partial charge in [-0.2, -0.15) is 11.8 Å². The lowest BCUT2D eigenvalue weighted by Crippen LogP contribution is -2.49. The lowest BCUT2D eigenvalue weighted by Gasteiger charge is -2.38. The van der Waals surface area contributed by atoms with E-state index in [0.29, 0.717) is 23.6 Å². The molecule has 0 aromatic heterocycles. The minimum Gasteiger partial charge on any atom is -0.338 e. The summed E-state index contributed by atoms with van der Waals surface area (Å²) in [5, 5.41) is 0.551. The second-order valence-corrected chi connectivity index (χ2v) is 6.59. The molecule has 0 radical (unpaired) electrons. The van der Waals surface area contributed by atoms with E-state index in [1.54, 1.807) is 0 Å². The van der Waals surface area contributed by atoms with Crippen LogP contribution in [-0.4, -0.2) is 40.4 Å². The number of thioether (sulfide) groups is 1. The number of amides is 1. The summed E-state index contributed by atoms with van der Waals surface area (Å²) in [6, 6.07) is 0.460. The van der Waals surface area contributed by atoms with E-state index in [0.717, 1.165) is 12.3 Å². The van der Waals surface area contributed by atoms with Gasteiger partial charge in [0.1, 0.15) is 0 Å². The van der Waals surface area contributed by atoms with E-state index in [9.17, 15) is 4.79 Å². The van der Waals surface area contributed by atoms with Gasteiger partial charge in [0, 0.05) is 36.1 Å². The Hall–Kier alpha value is -0.220. The van der Waals surface area contributed by atoms with Crippen molar-refractivity contribution >= 4 is 17.7 Å². The quantitative estimate of drug-likeness (QED) is 0.815. The van der Waals surface area contributed by atoms with E-state index >= 15 is 0 Å². The number of hydrogen-bond acceptors (Lipinski definition) is 3. The van der Waals surface area contributed by atoms with Crippen LogP contribution in [-0.2, 0) is 4.79 Å². The highest BCUT2D eigenvalue weighted by atomic mass is 32.2. The fraction of sp³-hybridized carbons (Fsp3) is 0.917. The number of carbonyl (C=O) groups is 1. The number of nitrogens with two attached hydrogens (primary N) is 1. The maximum absolute atomic E-state index is 12.1. The lowest BCUT2D eigenvalue weighted by molar-refractivity contribution is -0.133. The first-order valence-corrected chi connectivity index (χ1v) is 7.31. The van der Waals surface area contributed by atoms with E-state index in [-0.39, 0.29) is 11.9 Å². The Balaban J connectivity index is 1.87. The van der Waals surface area contributed by atoms with Crippen molar-refractivity contribution < 1.29 is 4.79 Å². The fourth-order valence-electron chi connectivity index (χ4n) is 2.30. The zero-order valence-electron chi connectivity index (χ0n) is 10.2. The Labute approximate surface area is 102 Å². The Morgan fingerprint density at radius 1 is 1.50 bits per heavy atom. The summed E-state index contributed by atoms with van der Waals surface area (Å²) in [4.78, 5) is 14.2. The Bertz CT molecular complexity index is 268. The van der Waals surface area contributed by atoms with E-state index < -0.39 is 0 Å². The van der Waals surface area contributed by atoms with Crippen molar-refractivity contribution in [1.82, 2.24) is 4.90 Å². The minimum absolute atomic E-state index is 0.101. The van der Waals surface area contributed by atoms with Crippen molar-refractivity contribution in [2.24, 2.45) is 11.7 Å². The number of nitrogens with zero attached hydrogens (tertiary/aromatic N) is 1. The number of rotatable bonds is 3. The van der Waals surface area contributed by atoms with Crippen molar-refractivity contribution in [3.63, 3.8) is 0 Å². The van der Waals surface area contributed by atoms with Gasteiger partial charge in [-0.15, -0.1) is 0 Å². The zero-order chi connectivity index (χ0) is 11.7. The van der Waals surface area contributed by atoms with Crippen LogP contribution in [0.25, 0.3) is 0 Å². The molecule has 4 heteroatoms. The van der Waals surface area contributed by atoms with Crippen molar-refractivity contribution in [2.75, 3.05) is 12.3 Å². The molecule has 1 saturated carbocycles. The van der Waals surface area contributed by atoms with Crippen LogP contribution in [0, 0.1) is 5.92 Å². The van der Waals surface area contributed by atoms with Gasteiger partial charge in [-0.25, -0.2) is 0 Å². The molecule has 2 rings (SSSR count). The molecule has 1 amide bonds. The molecule has 0 aromatic carbocycles. The summed E-state index contributed by atoms with van der Waals surface area (Å²) in [6.45, 7) is 5.25. The van der Waals surface area contributed by atoms with E-state index in [1.165, 1.54) is 12.8 Å². The first-order valence-electron chi connectivity index (χ1n) is 6.26. The van der Waals surface area contributed by atoms with Crippen LogP contribution < -0.4 is 5.73 Å². The molecule has 1 aliphatic carbocycles. The SMILES string of the molecule is CC1SCCN(C(=O)CC(N)C2CC2)C1C. The van der Waals surface area contributed by atoms with Crippen LogP contribution in [0.2, 0.25) is 0 Å². The minimum atomic E-state index is 0.101. The van der Waals surface area contributed by atoms with Gasteiger partial charge in [0.2, 0.25) is 5.91 Å². The lowest BCUT2D eigenvalue weighted by atomic mass is 10.1. The topological polar surface area (TPSA) is 46.3 Å². The van der Waals surface area contributed by atoms with Gasteiger partial charge in [0.25, 0.3) is 0 Å². The molecule has 2 aliphatic rings. The molecule has 3 nitrogen and oxygen atoms in total. The van der Waals surface area contributed by atoms with Gasteiger partial charge in [-0.05, 0) is 25.7 Å². The van der Waals surface area contributed by atoms with E-state index in [4.69, 9.17) is 5.73 Å². The summed E-state index contributed by atoms with van der Waals surface area (Å²) in [6.07, 6.45) is 2.99. The smallest absolute Gasteiger partial charge is 0.224 e. The molecular formula is C12H22N2OS. The predicted octanol–water partition coefficient (Wildman–Crippen LogP) is 1.47. The molecule has 3 atom stereocenters. The average molecular weight is 242 g/mol. The van der Waals surface area contributed by atoms with Gasteiger partial charge in [-0.3, -0.25) is 4.79 Å². The third-order valence-electron chi connectivity index (χ3n) is 3.84. The largest absolute Gasteiger partial charge is 0.338 e. The van der Waals surface area contributed by atoms with Crippen LogP contribution in [0.3, 0.4) is 0 Å². The molecule has 16 heavy (non-hydrogen) atoms. The van der Waals surface area contributed by atoms with Crippen LogP contribution >= 0.6 is 11.8 Å². The molecular weight excluding hydrogens is 220 g/mol. The van der Waals surface area contributed by atoms with Crippen LogP contribution in [0.15, 0.2) is 0 Å². The van der Waals surface area contributed by atoms with Crippen molar-refractivity contribution in [1.29, 1.82) is 0 Å². The normalized spacial score (nSPS) is 32.6. The van der Waals surface area contributed by atoms with Gasteiger partial charge in [-0.1, -0.05) is 6.92 Å². The van der Waals surface area contributed by atoms with E-state index in [1.807, 2.05) is 16.7 Å². The molecule has 0 aromatic rings. The maximum atomic E-state index is 12.1. The molecule has 3 unspecified atom stereocenters. The van der Waals surface area contributed by atoms with Crippen molar-refractivity contribution in [2.45, 2.75) is 50.4 Å². The molecule has 2 N–H and O–H groups in total. The summed E-state index contributed by atoms with van der Waals surface area (Å²) >= 11 is 1.96. The third-order valence-corrected chi connectivity index (χ3v) is 5.18. The highest BCUT2D eigenvalue weighted by molar-refractivity contribution is 8.00. The van der Waals surface area contributed by atoms with Crippen molar-refractivity contribution in [3.05, 3.63) is 0 Å². The molecule has 0 spiro atoms. The second kappa shape index (κ2) is 4.96. The van der Waals surface area contributed by atoms with Gasteiger partial charge in [0.15, 0.2) is 0 Å². The maximum Gasteiger partial charge on any atom is 0.224 e. The van der Waals surface area contributed by atoms with E-state index in [2.05, 4.69) is 13.8 Å². The van der Waals surface area contributed by atoms with Gasteiger partial charge >= 0.3 is 0 Å². The first-order chi connectivity index (χ1) is 7.59. The van der Waals surface area contributed by atoms with Crippen LogP contribution in [0.4, 0.5) is 0 Å². The molecule has 1 heterocycles. The van der Waals surface area contributed by atoms with Crippen LogP contribution in [0.1, 0.15) is 33.1 Å². The monoisotopic (exact) mass is 242 g/mol. The van der Waals surface area contributed by atoms with Gasteiger partial charge in [0.05, 0.1) is 0 Å². The standard InChI is InChI=1S/C12H22N2OS/c1-8-9(2)16-6-5-14(8)12(15)7-11(13)10-3-4-10/h8-11H,3-7,13H2,1-2H3. The first kappa shape index (κ1) is 12.2. The second-order valence-electron chi connectivity index (χ2n) is 5.11. The summed E-state index contributed by atoms with van der Waals surface area (Å²) in [5.41, 5.74) is 6.01.